The molecule has 1 aliphatic rings. The van der Waals surface area contributed by atoms with Gasteiger partial charge >= 0.3 is 0 Å². The second kappa shape index (κ2) is 4.62. The molecule has 2 rings (SSSR count). The van der Waals surface area contributed by atoms with Crippen molar-refractivity contribution >= 4 is 28.9 Å². The zero-order valence-electron chi connectivity index (χ0n) is 9.04. The van der Waals surface area contributed by atoms with Crippen molar-refractivity contribution in [1.29, 1.82) is 0 Å². The van der Waals surface area contributed by atoms with E-state index in [0.717, 1.165) is 0 Å². The minimum absolute atomic E-state index is 0.132. The number of hydrazone groups is 1. The SMILES string of the molecule is O=C1C/C(=N\Nc2ccccc2[N+](=O)[O-])NC1=O. The van der Waals surface area contributed by atoms with Gasteiger partial charge in [0.05, 0.1) is 11.3 Å². The van der Waals surface area contributed by atoms with Gasteiger partial charge in [0.2, 0.25) is 5.78 Å². The number of anilines is 1. The smallest absolute Gasteiger partial charge is 0.294 e. The third kappa shape index (κ3) is 2.32. The highest BCUT2D eigenvalue weighted by atomic mass is 16.6. The lowest BCUT2D eigenvalue weighted by molar-refractivity contribution is -0.384. The van der Waals surface area contributed by atoms with Crippen LogP contribution in [-0.4, -0.2) is 22.4 Å². The Morgan fingerprint density at radius 3 is 2.67 bits per heavy atom. The Labute approximate surface area is 101 Å². The molecule has 1 aromatic rings. The van der Waals surface area contributed by atoms with Gasteiger partial charge in [0.1, 0.15) is 11.5 Å². The summed E-state index contributed by atoms with van der Waals surface area (Å²) in [5.74, 6) is -1.17. The van der Waals surface area contributed by atoms with Gasteiger partial charge in [-0.05, 0) is 6.07 Å². The minimum Gasteiger partial charge on any atom is -0.306 e. The first-order valence-corrected chi connectivity index (χ1v) is 4.98. The van der Waals surface area contributed by atoms with E-state index in [4.69, 9.17) is 0 Å². The maximum Gasteiger partial charge on any atom is 0.294 e. The second-order valence-electron chi connectivity index (χ2n) is 3.50. The molecule has 1 saturated heterocycles. The number of amidine groups is 1. The van der Waals surface area contributed by atoms with Crippen molar-refractivity contribution < 1.29 is 14.5 Å². The first kappa shape index (κ1) is 11.7. The highest BCUT2D eigenvalue weighted by molar-refractivity contribution is 6.47. The van der Waals surface area contributed by atoms with E-state index < -0.39 is 16.6 Å². The molecule has 0 radical (unpaired) electrons. The molecule has 2 N–H and O–H groups in total. The lowest BCUT2D eigenvalue weighted by Gasteiger charge is -2.02. The van der Waals surface area contributed by atoms with Gasteiger partial charge < -0.3 is 5.32 Å². The monoisotopic (exact) mass is 248 g/mol. The van der Waals surface area contributed by atoms with Crippen LogP contribution in [0.3, 0.4) is 0 Å². The molecule has 0 atom stereocenters. The van der Waals surface area contributed by atoms with Gasteiger partial charge in [0.25, 0.3) is 11.6 Å². The number of amides is 1. The predicted octanol–water partition coefficient (Wildman–Crippen LogP) is 0.409. The van der Waals surface area contributed by atoms with Crippen molar-refractivity contribution in [3.05, 3.63) is 34.4 Å². The highest BCUT2D eigenvalue weighted by Crippen LogP contribution is 2.23. The maximum absolute atomic E-state index is 10.9. The predicted molar refractivity (Wildman–Crippen MR) is 61.9 cm³/mol. The molecule has 0 unspecified atom stereocenters. The molecule has 8 nitrogen and oxygen atoms in total. The third-order valence-corrected chi connectivity index (χ3v) is 2.25. The van der Waals surface area contributed by atoms with E-state index in [1.165, 1.54) is 18.2 Å². The molecule has 8 heteroatoms. The molecule has 1 fully saturated rings. The number of hydrogen-bond acceptors (Lipinski definition) is 6. The summed E-state index contributed by atoms with van der Waals surface area (Å²) in [4.78, 5) is 32.0. The minimum atomic E-state index is -0.724. The largest absolute Gasteiger partial charge is 0.306 e. The standard InChI is InChI=1S/C10H8N4O4/c15-8-5-9(11-10(8)16)13-12-6-3-1-2-4-7(6)14(17)18/h1-4,12H,5H2,(H,11,13,16). The van der Waals surface area contributed by atoms with E-state index in [1.54, 1.807) is 6.07 Å². The van der Waals surface area contributed by atoms with Gasteiger partial charge in [-0.1, -0.05) is 12.1 Å². The molecule has 0 bridgehead atoms. The van der Waals surface area contributed by atoms with Gasteiger partial charge in [-0.15, -0.1) is 0 Å². The fraction of sp³-hybridized carbons (Fsp3) is 0.100. The van der Waals surface area contributed by atoms with Crippen LogP contribution >= 0.6 is 0 Å². The van der Waals surface area contributed by atoms with Crippen molar-refractivity contribution in [2.45, 2.75) is 6.42 Å². The number of rotatable bonds is 3. The van der Waals surface area contributed by atoms with E-state index in [1.807, 2.05) is 0 Å². The van der Waals surface area contributed by atoms with Gasteiger partial charge in [0.15, 0.2) is 0 Å². The van der Waals surface area contributed by atoms with E-state index in [-0.39, 0.29) is 23.6 Å². The van der Waals surface area contributed by atoms with Crippen molar-refractivity contribution in [3.63, 3.8) is 0 Å². The molecule has 1 aliphatic heterocycles. The summed E-state index contributed by atoms with van der Waals surface area (Å²) >= 11 is 0. The molecule has 18 heavy (non-hydrogen) atoms. The number of carbonyl (C=O) groups excluding carboxylic acids is 2. The molecule has 1 heterocycles. The Morgan fingerprint density at radius 1 is 1.33 bits per heavy atom. The molecule has 0 spiro atoms. The van der Waals surface area contributed by atoms with Gasteiger partial charge in [-0.2, -0.15) is 5.10 Å². The number of ketones is 1. The summed E-state index contributed by atoms with van der Waals surface area (Å²) in [5.41, 5.74) is 2.50. The van der Waals surface area contributed by atoms with Gasteiger partial charge in [-0.3, -0.25) is 25.1 Å². The normalized spacial score (nSPS) is 16.8. The van der Waals surface area contributed by atoms with Crippen molar-refractivity contribution in [1.82, 2.24) is 5.32 Å². The van der Waals surface area contributed by atoms with Crippen LogP contribution in [0, 0.1) is 10.1 Å². The van der Waals surface area contributed by atoms with Gasteiger partial charge in [0, 0.05) is 6.07 Å². The van der Waals surface area contributed by atoms with Crippen molar-refractivity contribution in [2.75, 3.05) is 5.43 Å². The van der Waals surface area contributed by atoms with Crippen LogP contribution in [0.5, 0.6) is 0 Å². The zero-order chi connectivity index (χ0) is 13.1. The van der Waals surface area contributed by atoms with E-state index in [2.05, 4.69) is 15.8 Å². The van der Waals surface area contributed by atoms with Crippen LogP contribution in [0.1, 0.15) is 6.42 Å². The van der Waals surface area contributed by atoms with Crippen molar-refractivity contribution in [3.8, 4) is 0 Å². The molecule has 92 valence electrons. The Balaban J connectivity index is 2.16. The average Bonchev–Trinajstić information content (AvgIpc) is 2.66. The zero-order valence-corrected chi connectivity index (χ0v) is 9.04. The third-order valence-electron chi connectivity index (χ3n) is 2.25. The maximum atomic E-state index is 10.9. The molecule has 0 aromatic heterocycles. The Morgan fingerprint density at radius 2 is 2.06 bits per heavy atom. The quantitative estimate of drug-likeness (QED) is 0.456. The van der Waals surface area contributed by atoms with Crippen LogP contribution in [0.15, 0.2) is 29.4 Å². The van der Waals surface area contributed by atoms with Gasteiger partial charge in [-0.25, -0.2) is 0 Å². The van der Waals surface area contributed by atoms with Crippen LogP contribution in [0.2, 0.25) is 0 Å². The number of carbonyl (C=O) groups is 2. The number of para-hydroxylation sites is 2. The fourth-order valence-corrected chi connectivity index (χ4v) is 1.40. The Kier molecular flexibility index (Phi) is 3.00. The summed E-state index contributed by atoms with van der Waals surface area (Å²) in [6.45, 7) is 0. The number of nitrogens with one attached hydrogen (secondary N) is 2. The van der Waals surface area contributed by atoms with Crippen LogP contribution < -0.4 is 10.7 Å². The number of benzene rings is 1. The summed E-state index contributed by atoms with van der Waals surface area (Å²) in [5, 5.41) is 16.7. The highest BCUT2D eigenvalue weighted by Gasteiger charge is 2.26. The molecule has 1 aromatic carbocycles. The number of hydrogen-bond donors (Lipinski definition) is 2. The molecule has 0 saturated carbocycles. The van der Waals surface area contributed by atoms with E-state index in [0.29, 0.717) is 0 Å². The first-order chi connectivity index (χ1) is 8.58. The van der Waals surface area contributed by atoms with Crippen LogP contribution in [-0.2, 0) is 9.59 Å². The average molecular weight is 248 g/mol. The second-order valence-corrected chi connectivity index (χ2v) is 3.50. The van der Waals surface area contributed by atoms with E-state index >= 15 is 0 Å². The number of nitro benzene ring substituents is 1. The summed E-state index contributed by atoms with van der Waals surface area (Å²) in [6.07, 6.45) is -0.132. The van der Waals surface area contributed by atoms with Crippen LogP contribution in [0.4, 0.5) is 11.4 Å². The Hall–Kier alpha value is -2.77. The summed E-state index contributed by atoms with van der Waals surface area (Å²) in [6, 6.07) is 5.92. The molecular weight excluding hydrogens is 240 g/mol. The molecular formula is C10H8N4O4. The number of Topliss-reactive ketones (excluding diaryl/α,β-unsaturated/α-hetero) is 1. The topological polar surface area (TPSA) is 114 Å². The lowest BCUT2D eigenvalue weighted by atomic mass is 10.3. The fourth-order valence-electron chi connectivity index (χ4n) is 1.40. The summed E-state index contributed by atoms with van der Waals surface area (Å²) in [7, 11) is 0. The Bertz CT molecular complexity index is 549. The first-order valence-electron chi connectivity index (χ1n) is 4.98. The number of nitrogens with zero attached hydrogens (tertiary/aromatic N) is 2. The lowest BCUT2D eigenvalue weighted by Crippen LogP contribution is -2.22. The molecule has 0 aliphatic carbocycles. The van der Waals surface area contributed by atoms with Crippen LogP contribution in [0.25, 0.3) is 0 Å². The number of nitro groups is 1. The van der Waals surface area contributed by atoms with Crippen molar-refractivity contribution in [2.24, 2.45) is 5.10 Å². The van der Waals surface area contributed by atoms with E-state index in [9.17, 15) is 19.7 Å². The summed E-state index contributed by atoms with van der Waals surface area (Å²) < 4.78 is 0. The molecule has 1 amide bonds.